The fourth-order valence-electron chi connectivity index (χ4n) is 1.49. The smallest absolute Gasteiger partial charge is 0.338 e. The molecule has 0 amide bonds. The normalized spacial score (nSPS) is 10.9. The summed E-state index contributed by atoms with van der Waals surface area (Å²) in [5, 5.41) is 18.9. The molecule has 0 bridgehead atoms. The van der Waals surface area contributed by atoms with Crippen molar-refractivity contribution in [1.29, 1.82) is 0 Å². The summed E-state index contributed by atoms with van der Waals surface area (Å²) in [4.78, 5) is 23.3. The summed E-state index contributed by atoms with van der Waals surface area (Å²) in [6, 6.07) is 8.32. The molecule has 0 heterocycles. The van der Waals surface area contributed by atoms with E-state index < -0.39 is 30.6 Å². The van der Waals surface area contributed by atoms with Crippen molar-refractivity contribution < 1.29 is 29.3 Å². The lowest BCUT2D eigenvalue weighted by Gasteiger charge is -2.28. The topological polar surface area (TPSA) is 93.1 Å². The zero-order chi connectivity index (χ0) is 16.6. The summed E-state index contributed by atoms with van der Waals surface area (Å²) in [7, 11) is 0. The number of rotatable bonds is 8. The number of aliphatic hydroxyl groups excluding tert-OH is 2. The molecule has 1 rings (SSSR count). The van der Waals surface area contributed by atoms with Gasteiger partial charge >= 0.3 is 11.9 Å². The Labute approximate surface area is 129 Å². The van der Waals surface area contributed by atoms with Crippen molar-refractivity contribution in [3.63, 3.8) is 0 Å². The number of hydrogen-bond acceptors (Lipinski definition) is 6. The molecule has 6 heteroatoms. The van der Waals surface area contributed by atoms with E-state index in [0.717, 1.165) is 0 Å². The van der Waals surface area contributed by atoms with Gasteiger partial charge in [-0.3, -0.25) is 0 Å². The molecule has 0 saturated carbocycles. The van der Waals surface area contributed by atoms with Crippen molar-refractivity contribution in [3.05, 3.63) is 48.0 Å². The lowest BCUT2D eigenvalue weighted by atomic mass is 9.92. The first-order chi connectivity index (χ1) is 10.4. The van der Waals surface area contributed by atoms with Crippen molar-refractivity contribution >= 4 is 11.9 Å². The third-order valence-electron chi connectivity index (χ3n) is 3.05. The van der Waals surface area contributed by atoms with E-state index in [0.29, 0.717) is 5.56 Å². The van der Waals surface area contributed by atoms with Crippen LogP contribution in [0, 0.1) is 5.41 Å². The van der Waals surface area contributed by atoms with E-state index in [1.165, 1.54) is 6.92 Å². The molecule has 6 nitrogen and oxygen atoms in total. The Morgan fingerprint density at radius 3 is 2.14 bits per heavy atom. The number of carbonyl (C=O) groups is 2. The van der Waals surface area contributed by atoms with E-state index in [9.17, 15) is 19.8 Å². The monoisotopic (exact) mass is 308 g/mol. The van der Waals surface area contributed by atoms with Crippen LogP contribution in [0.5, 0.6) is 0 Å². The third-order valence-corrected chi connectivity index (χ3v) is 3.05. The van der Waals surface area contributed by atoms with Gasteiger partial charge in [0.1, 0.15) is 13.2 Å². The Morgan fingerprint density at radius 2 is 1.64 bits per heavy atom. The standard InChI is InChI=1S/C16H20O6/c1-12(2)14(19)21-10-16(8-17,9-18)11-22-15(20)13-6-4-3-5-7-13/h3-7,17-18H,1,8-11H2,2H3. The summed E-state index contributed by atoms with van der Waals surface area (Å²) in [6.07, 6.45) is 0. The van der Waals surface area contributed by atoms with Gasteiger partial charge in [0, 0.05) is 5.57 Å². The number of benzene rings is 1. The molecule has 0 aromatic heterocycles. The lowest BCUT2D eigenvalue weighted by molar-refractivity contribution is -0.146. The van der Waals surface area contributed by atoms with E-state index in [2.05, 4.69) is 6.58 Å². The number of carbonyl (C=O) groups excluding carboxylic acids is 2. The lowest BCUT2D eigenvalue weighted by Crippen LogP contribution is -2.41. The average molecular weight is 308 g/mol. The Balaban J connectivity index is 2.65. The number of esters is 2. The molecule has 120 valence electrons. The maximum Gasteiger partial charge on any atom is 0.338 e. The molecule has 0 aliphatic rings. The SMILES string of the molecule is C=C(C)C(=O)OCC(CO)(CO)COC(=O)c1ccccc1. The number of ether oxygens (including phenoxy) is 2. The highest BCUT2D eigenvalue weighted by Gasteiger charge is 2.33. The molecule has 2 N–H and O–H groups in total. The minimum absolute atomic E-state index is 0.200. The summed E-state index contributed by atoms with van der Waals surface area (Å²) >= 11 is 0. The second-order valence-corrected chi connectivity index (χ2v) is 5.11. The van der Waals surface area contributed by atoms with Gasteiger partial charge in [-0.1, -0.05) is 24.8 Å². The molecule has 0 aliphatic carbocycles. The van der Waals surface area contributed by atoms with E-state index in [4.69, 9.17) is 9.47 Å². The van der Waals surface area contributed by atoms with Crippen LogP contribution in [0.25, 0.3) is 0 Å². The largest absolute Gasteiger partial charge is 0.461 e. The molecular weight excluding hydrogens is 288 g/mol. The molecule has 0 unspecified atom stereocenters. The Morgan fingerprint density at radius 1 is 1.09 bits per heavy atom. The van der Waals surface area contributed by atoms with Crippen molar-refractivity contribution in [3.8, 4) is 0 Å². The van der Waals surface area contributed by atoms with Gasteiger partial charge in [0.25, 0.3) is 0 Å². The van der Waals surface area contributed by atoms with Crippen molar-refractivity contribution in [1.82, 2.24) is 0 Å². The van der Waals surface area contributed by atoms with E-state index in [1.54, 1.807) is 30.3 Å². The maximum absolute atomic E-state index is 11.9. The quantitative estimate of drug-likeness (QED) is 0.548. The first-order valence-electron chi connectivity index (χ1n) is 6.70. The highest BCUT2D eigenvalue weighted by molar-refractivity contribution is 5.89. The average Bonchev–Trinajstić information content (AvgIpc) is 2.55. The first-order valence-corrected chi connectivity index (χ1v) is 6.70. The molecule has 0 saturated heterocycles. The molecule has 0 fully saturated rings. The van der Waals surface area contributed by atoms with Crippen molar-refractivity contribution in [2.45, 2.75) is 6.92 Å². The Bertz CT molecular complexity index is 519. The van der Waals surface area contributed by atoms with E-state index in [1.807, 2.05) is 0 Å². The van der Waals surface area contributed by atoms with Gasteiger partial charge < -0.3 is 19.7 Å². The second-order valence-electron chi connectivity index (χ2n) is 5.11. The predicted molar refractivity (Wildman–Crippen MR) is 79.1 cm³/mol. The zero-order valence-corrected chi connectivity index (χ0v) is 12.4. The number of aliphatic hydroxyl groups is 2. The Kier molecular flexibility index (Phi) is 6.75. The molecule has 0 atom stereocenters. The minimum Gasteiger partial charge on any atom is -0.461 e. The van der Waals surface area contributed by atoms with E-state index in [-0.39, 0.29) is 18.8 Å². The maximum atomic E-state index is 11.9. The van der Waals surface area contributed by atoms with Gasteiger partial charge in [0.15, 0.2) is 0 Å². The molecular formula is C16H20O6. The van der Waals surface area contributed by atoms with Gasteiger partial charge in [-0.05, 0) is 19.1 Å². The zero-order valence-electron chi connectivity index (χ0n) is 12.4. The molecule has 1 aromatic rings. The van der Waals surface area contributed by atoms with E-state index >= 15 is 0 Å². The van der Waals surface area contributed by atoms with Crippen LogP contribution in [0.2, 0.25) is 0 Å². The highest BCUT2D eigenvalue weighted by atomic mass is 16.6. The summed E-state index contributed by atoms with van der Waals surface area (Å²) in [6.45, 7) is 3.35. The van der Waals surface area contributed by atoms with Crippen LogP contribution in [-0.4, -0.2) is 48.6 Å². The molecule has 0 spiro atoms. The van der Waals surface area contributed by atoms with Gasteiger partial charge in [-0.2, -0.15) is 0 Å². The Hall–Kier alpha value is -2.18. The molecule has 0 aliphatic heterocycles. The van der Waals surface area contributed by atoms with Crippen LogP contribution in [-0.2, 0) is 14.3 Å². The summed E-state index contributed by atoms with van der Waals surface area (Å²) < 4.78 is 10.0. The summed E-state index contributed by atoms with van der Waals surface area (Å²) in [5.41, 5.74) is -0.701. The molecule has 0 radical (unpaired) electrons. The fourth-order valence-corrected chi connectivity index (χ4v) is 1.49. The number of hydrogen-bond donors (Lipinski definition) is 2. The van der Waals surface area contributed by atoms with Crippen LogP contribution in [0.1, 0.15) is 17.3 Å². The van der Waals surface area contributed by atoms with Crippen LogP contribution in [0.15, 0.2) is 42.5 Å². The van der Waals surface area contributed by atoms with Gasteiger partial charge in [-0.15, -0.1) is 0 Å². The van der Waals surface area contributed by atoms with Gasteiger partial charge in [0.05, 0.1) is 24.2 Å². The second kappa shape index (κ2) is 8.31. The van der Waals surface area contributed by atoms with Crippen LogP contribution < -0.4 is 0 Å². The van der Waals surface area contributed by atoms with Crippen LogP contribution in [0.3, 0.4) is 0 Å². The highest BCUT2D eigenvalue weighted by Crippen LogP contribution is 2.18. The fraction of sp³-hybridized carbons (Fsp3) is 0.375. The molecule has 22 heavy (non-hydrogen) atoms. The van der Waals surface area contributed by atoms with Gasteiger partial charge in [0.2, 0.25) is 0 Å². The molecule has 1 aromatic carbocycles. The van der Waals surface area contributed by atoms with Gasteiger partial charge in [-0.25, -0.2) is 9.59 Å². The minimum atomic E-state index is -1.25. The predicted octanol–water partition coefficient (Wildman–Crippen LogP) is 0.934. The van der Waals surface area contributed by atoms with Crippen LogP contribution in [0.4, 0.5) is 0 Å². The third kappa shape index (κ3) is 4.98. The first kappa shape index (κ1) is 17.9. The summed E-state index contributed by atoms with van der Waals surface area (Å²) in [5.74, 6) is -1.22. The van der Waals surface area contributed by atoms with Crippen molar-refractivity contribution in [2.75, 3.05) is 26.4 Å². The van der Waals surface area contributed by atoms with Crippen LogP contribution >= 0.6 is 0 Å². The van der Waals surface area contributed by atoms with Crippen molar-refractivity contribution in [2.24, 2.45) is 5.41 Å².